The third-order valence-corrected chi connectivity index (χ3v) is 13.9. The van der Waals surface area contributed by atoms with Gasteiger partial charge in [-0.25, -0.2) is 0 Å². The molecule has 0 spiro atoms. The lowest BCUT2D eigenvalue weighted by Crippen LogP contribution is -2.59. The van der Waals surface area contributed by atoms with Crippen LogP contribution in [0.2, 0.25) is 0 Å². The van der Waals surface area contributed by atoms with Crippen molar-refractivity contribution in [3.05, 3.63) is 0 Å². The van der Waals surface area contributed by atoms with E-state index in [0.29, 0.717) is 22.2 Å². The number of hydrogen-bond acceptors (Lipinski definition) is 3. The van der Waals surface area contributed by atoms with Crippen LogP contribution in [0.1, 0.15) is 139 Å². The standard InChI is InChI=1S/C32H58FO2PS/c1-22(2)11-10-12-23(3)26-13-14-27-31(26,8)20-17-28-30(7)19-16-25(21-24(30)15-18-32(27,28)9)34-36(33,37)35-29(4,5)6/h22-28H,10-21H2,1-9H3/t23-,24?,25+,26-,27?,28?,30+,31-,32+,36?/m1/s1. The largest absolute Gasteiger partial charge is 0.366 e. The summed E-state index contributed by atoms with van der Waals surface area (Å²) < 4.78 is 26.6. The highest BCUT2D eigenvalue weighted by molar-refractivity contribution is 8.07. The molecule has 0 N–H and O–H groups in total. The van der Waals surface area contributed by atoms with Crippen LogP contribution < -0.4 is 0 Å². The minimum Gasteiger partial charge on any atom is -0.302 e. The smallest absolute Gasteiger partial charge is 0.302 e. The summed E-state index contributed by atoms with van der Waals surface area (Å²) >= 11 is 5.19. The summed E-state index contributed by atoms with van der Waals surface area (Å²) in [6.07, 6.45) is 15.4. The Morgan fingerprint density at radius 2 is 1.49 bits per heavy atom. The van der Waals surface area contributed by atoms with Crippen LogP contribution in [0.4, 0.5) is 4.20 Å². The van der Waals surface area contributed by atoms with Crippen molar-refractivity contribution in [3.8, 4) is 0 Å². The molecule has 4 saturated carbocycles. The summed E-state index contributed by atoms with van der Waals surface area (Å²) in [5.41, 5.74) is 0.693. The molecular weight excluding hydrogens is 498 g/mol. The van der Waals surface area contributed by atoms with Crippen molar-refractivity contribution in [1.29, 1.82) is 0 Å². The Labute approximate surface area is 234 Å². The first-order valence-electron chi connectivity index (χ1n) is 15.7. The van der Waals surface area contributed by atoms with Gasteiger partial charge in [-0.05, 0) is 142 Å². The summed E-state index contributed by atoms with van der Waals surface area (Å²) in [5, 5.41) is 0. The predicted octanol–water partition coefficient (Wildman–Crippen LogP) is 10.9. The van der Waals surface area contributed by atoms with Crippen LogP contribution in [0.3, 0.4) is 0 Å². The minimum absolute atomic E-state index is 0.0861. The first kappa shape index (κ1) is 30.5. The summed E-state index contributed by atoms with van der Waals surface area (Å²) in [4.78, 5) is 0. The molecule has 0 amide bonds. The normalized spacial score (nSPS) is 44.6. The van der Waals surface area contributed by atoms with Gasteiger partial charge in [-0.2, -0.15) is 4.20 Å². The van der Waals surface area contributed by atoms with Gasteiger partial charge in [-0.15, -0.1) is 0 Å². The van der Waals surface area contributed by atoms with Crippen LogP contribution in [0.5, 0.6) is 0 Å². The summed E-state index contributed by atoms with van der Waals surface area (Å²) in [6, 6.07) is 0. The molecule has 0 aliphatic heterocycles. The molecule has 0 aromatic rings. The topological polar surface area (TPSA) is 18.5 Å². The van der Waals surface area contributed by atoms with Crippen molar-refractivity contribution >= 4 is 18.6 Å². The minimum atomic E-state index is -3.71. The molecule has 4 fully saturated rings. The number of hydrogen-bond donors (Lipinski definition) is 0. The van der Waals surface area contributed by atoms with Crippen molar-refractivity contribution in [2.45, 2.75) is 151 Å². The third-order valence-electron chi connectivity index (χ3n) is 12.1. The van der Waals surface area contributed by atoms with Gasteiger partial charge in [0.25, 0.3) is 0 Å². The van der Waals surface area contributed by atoms with Crippen LogP contribution in [0, 0.1) is 51.8 Å². The number of rotatable bonds is 8. The highest BCUT2D eigenvalue weighted by Gasteiger charge is 2.65. The van der Waals surface area contributed by atoms with E-state index in [9.17, 15) is 0 Å². The van der Waals surface area contributed by atoms with E-state index in [1.807, 2.05) is 20.8 Å². The molecule has 0 aromatic carbocycles. The fraction of sp³-hybridized carbons (Fsp3) is 1.00. The second-order valence-electron chi connectivity index (χ2n) is 16.0. The first-order valence-corrected chi connectivity index (χ1v) is 18.2. The maximum absolute atomic E-state index is 15.1. The van der Waals surface area contributed by atoms with E-state index in [-0.39, 0.29) is 6.10 Å². The highest BCUT2D eigenvalue weighted by Crippen LogP contribution is 2.73. The molecule has 5 heteroatoms. The van der Waals surface area contributed by atoms with E-state index in [4.69, 9.17) is 20.9 Å². The maximum Gasteiger partial charge on any atom is 0.366 e. The lowest BCUT2D eigenvalue weighted by atomic mass is 9.39. The average Bonchev–Trinajstić information content (AvgIpc) is 3.10. The highest BCUT2D eigenvalue weighted by atomic mass is 32.5. The predicted molar refractivity (Wildman–Crippen MR) is 159 cm³/mol. The maximum atomic E-state index is 15.1. The molecule has 4 aliphatic carbocycles. The second kappa shape index (κ2) is 10.7. The zero-order chi connectivity index (χ0) is 27.4. The lowest BCUT2D eigenvalue weighted by Gasteiger charge is -2.66. The van der Waals surface area contributed by atoms with E-state index in [1.54, 1.807) is 0 Å². The van der Waals surface area contributed by atoms with Gasteiger partial charge < -0.3 is 4.52 Å². The Bertz CT molecular complexity index is 856. The molecule has 10 atom stereocenters. The van der Waals surface area contributed by atoms with Crippen LogP contribution in [-0.2, 0) is 20.9 Å². The Morgan fingerprint density at radius 1 is 0.865 bits per heavy atom. The molecule has 2 nitrogen and oxygen atoms in total. The van der Waals surface area contributed by atoms with E-state index < -0.39 is 12.4 Å². The Balaban J connectivity index is 1.44. The molecule has 4 aliphatic rings. The first-order chi connectivity index (χ1) is 17.0. The van der Waals surface area contributed by atoms with Crippen LogP contribution in [0.25, 0.3) is 0 Å². The van der Waals surface area contributed by atoms with E-state index in [1.165, 1.54) is 57.8 Å². The van der Waals surface area contributed by atoms with Crippen molar-refractivity contribution in [1.82, 2.24) is 0 Å². The van der Waals surface area contributed by atoms with Gasteiger partial charge in [-0.1, -0.05) is 60.8 Å². The molecule has 216 valence electrons. The average molecular weight is 557 g/mol. The molecule has 37 heavy (non-hydrogen) atoms. The Kier molecular flexibility index (Phi) is 8.83. The molecular formula is C32H58FO2PS. The van der Waals surface area contributed by atoms with Crippen LogP contribution in [0.15, 0.2) is 0 Å². The van der Waals surface area contributed by atoms with Gasteiger partial charge in [-0.3, -0.25) is 4.52 Å². The fourth-order valence-corrected chi connectivity index (χ4v) is 12.8. The molecule has 0 saturated heterocycles. The summed E-state index contributed by atoms with van der Waals surface area (Å²) in [7, 11) is 0. The van der Waals surface area contributed by atoms with Crippen molar-refractivity contribution in [2.75, 3.05) is 0 Å². The Morgan fingerprint density at radius 3 is 2.14 bits per heavy atom. The lowest BCUT2D eigenvalue weighted by molar-refractivity contribution is -0.175. The molecule has 0 heterocycles. The number of fused-ring (bicyclic) bond motifs is 5. The SMILES string of the molecule is CC(C)CCC[C@@H](C)[C@H]1CCC2[C@]3(C)CCC4C[C@@H](OP(F)(=S)OC(C)(C)C)CC[C@]4(C)C3CC[C@@]21C. The summed E-state index contributed by atoms with van der Waals surface area (Å²) in [5.74, 6) is 4.84. The van der Waals surface area contributed by atoms with Crippen molar-refractivity contribution < 1.29 is 13.2 Å². The molecule has 4 rings (SSSR count). The van der Waals surface area contributed by atoms with E-state index in [0.717, 1.165) is 48.9 Å². The fourth-order valence-electron chi connectivity index (χ4n) is 10.5. The van der Waals surface area contributed by atoms with Crippen LogP contribution in [-0.4, -0.2) is 11.7 Å². The zero-order valence-electron chi connectivity index (χ0n) is 25.6. The zero-order valence-corrected chi connectivity index (χ0v) is 27.3. The van der Waals surface area contributed by atoms with Gasteiger partial charge in [0.2, 0.25) is 0 Å². The van der Waals surface area contributed by atoms with Gasteiger partial charge in [0, 0.05) is 0 Å². The van der Waals surface area contributed by atoms with Gasteiger partial charge >= 0.3 is 6.80 Å². The van der Waals surface area contributed by atoms with Crippen molar-refractivity contribution in [3.63, 3.8) is 0 Å². The van der Waals surface area contributed by atoms with Crippen LogP contribution >= 0.6 is 6.80 Å². The quantitative estimate of drug-likeness (QED) is 0.277. The van der Waals surface area contributed by atoms with Crippen molar-refractivity contribution in [2.24, 2.45) is 51.8 Å². The Hall–Kier alpha value is 0.500. The summed E-state index contributed by atoms with van der Waals surface area (Å²) in [6.45, 7) is 17.1. The monoisotopic (exact) mass is 556 g/mol. The van der Waals surface area contributed by atoms with E-state index >= 15 is 4.20 Å². The van der Waals surface area contributed by atoms with Gasteiger partial charge in [0.1, 0.15) is 0 Å². The van der Waals surface area contributed by atoms with Gasteiger partial charge in [0.15, 0.2) is 0 Å². The molecule has 4 unspecified atom stereocenters. The van der Waals surface area contributed by atoms with E-state index in [2.05, 4.69) is 41.5 Å². The second-order valence-corrected chi connectivity index (χ2v) is 18.6. The molecule has 0 radical (unpaired) electrons. The molecule has 0 aromatic heterocycles. The molecule has 0 bridgehead atoms. The van der Waals surface area contributed by atoms with Gasteiger partial charge in [0.05, 0.1) is 11.7 Å². The number of halogens is 1. The third kappa shape index (κ3) is 6.08.